The topological polar surface area (TPSA) is 95.3 Å². The summed E-state index contributed by atoms with van der Waals surface area (Å²) in [6, 6.07) is 9.89. The van der Waals surface area contributed by atoms with Crippen LogP contribution in [0, 0.1) is 13.8 Å². The molecule has 11 heteroatoms. The molecule has 1 fully saturated rings. The van der Waals surface area contributed by atoms with Gasteiger partial charge < -0.3 is 14.9 Å². The van der Waals surface area contributed by atoms with E-state index in [1.165, 1.54) is 11.1 Å². The molecule has 35 heavy (non-hydrogen) atoms. The highest BCUT2D eigenvalue weighted by molar-refractivity contribution is 5.88. The Morgan fingerprint density at radius 1 is 1.11 bits per heavy atom. The molecule has 3 heterocycles. The number of carboxylic acid groups (broad SMARTS) is 1. The molecular weight excluding hydrogens is 461 g/mol. The fourth-order valence-electron chi connectivity index (χ4n) is 4.08. The molecule has 1 aliphatic rings. The van der Waals surface area contributed by atoms with Crippen molar-refractivity contribution >= 4 is 17.7 Å². The summed E-state index contributed by atoms with van der Waals surface area (Å²) in [4.78, 5) is 22.3. The van der Waals surface area contributed by atoms with Gasteiger partial charge in [-0.25, -0.2) is 14.8 Å². The van der Waals surface area contributed by atoms with Gasteiger partial charge in [-0.2, -0.15) is 18.3 Å². The molecule has 1 N–H and O–H groups in total. The second-order valence-electron chi connectivity index (χ2n) is 8.70. The van der Waals surface area contributed by atoms with Crippen molar-refractivity contribution in [1.29, 1.82) is 0 Å². The summed E-state index contributed by atoms with van der Waals surface area (Å²) < 4.78 is 40.0. The number of carboxylic acids is 1. The van der Waals surface area contributed by atoms with Crippen LogP contribution < -0.4 is 9.80 Å². The predicted octanol–water partition coefficient (Wildman–Crippen LogP) is 3.91. The van der Waals surface area contributed by atoms with Crippen LogP contribution in [0.4, 0.5) is 24.9 Å². The molecule has 3 aromatic rings. The van der Waals surface area contributed by atoms with E-state index >= 15 is 0 Å². The minimum absolute atomic E-state index is 0.149. The molecular formula is C24H25F3N6O2. The normalized spacial score (nSPS) is 16.5. The number of aryl methyl sites for hydroxylation is 2. The Morgan fingerprint density at radius 3 is 2.49 bits per heavy atom. The second kappa shape index (κ2) is 9.47. The first kappa shape index (κ1) is 24.4. The number of nitrogens with zero attached hydrogens (tertiary/aromatic N) is 6. The zero-order valence-electron chi connectivity index (χ0n) is 19.5. The number of rotatable bonds is 5. The number of piperazine rings is 1. The van der Waals surface area contributed by atoms with Crippen LogP contribution in [0.3, 0.4) is 0 Å². The first-order chi connectivity index (χ1) is 16.5. The number of alkyl halides is 3. The number of anilines is 2. The Kier molecular flexibility index (Phi) is 6.60. The van der Waals surface area contributed by atoms with E-state index in [9.17, 15) is 18.0 Å². The lowest BCUT2D eigenvalue weighted by Gasteiger charge is -2.40. The molecule has 0 amide bonds. The zero-order chi connectivity index (χ0) is 25.3. The van der Waals surface area contributed by atoms with Gasteiger partial charge in [0, 0.05) is 38.3 Å². The van der Waals surface area contributed by atoms with Crippen molar-refractivity contribution in [2.75, 3.05) is 29.4 Å². The molecule has 0 radical (unpaired) electrons. The van der Waals surface area contributed by atoms with Crippen LogP contribution in [0.2, 0.25) is 0 Å². The van der Waals surface area contributed by atoms with Crippen molar-refractivity contribution in [3.8, 4) is 0 Å². The van der Waals surface area contributed by atoms with Crippen molar-refractivity contribution in [2.45, 2.75) is 39.4 Å². The van der Waals surface area contributed by atoms with Crippen molar-refractivity contribution < 1.29 is 23.1 Å². The molecule has 0 unspecified atom stereocenters. The molecule has 0 saturated carbocycles. The first-order valence-electron chi connectivity index (χ1n) is 11.1. The van der Waals surface area contributed by atoms with Crippen LogP contribution >= 0.6 is 0 Å². The Balaban J connectivity index is 1.45. The monoisotopic (exact) mass is 486 g/mol. The number of aromatic carboxylic acids is 1. The lowest BCUT2D eigenvalue weighted by atomic mass is 10.0. The van der Waals surface area contributed by atoms with Gasteiger partial charge >= 0.3 is 12.1 Å². The number of benzene rings is 1. The van der Waals surface area contributed by atoms with E-state index in [1.54, 1.807) is 4.90 Å². The molecule has 1 aromatic carbocycles. The Morgan fingerprint density at radius 2 is 1.89 bits per heavy atom. The minimum Gasteiger partial charge on any atom is -0.478 e. The van der Waals surface area contributed by atoms with Gasteiger partial charge in [-0.05, 0) is 49.6 Å². The fraction of sp³-hybridized carbons (Fsp3) is 0.375. The van der Waals surface area contributed by atoms with Gasteiger partial charge in [0.1, 0.15) is 5.56 Å². The molecule has 1 atom stereocenters. The first-order valence-corrected chi connectivity index (χ1v) is 11.1. The third-order valence-corrected chi connectivity index (χ3v) is 6.15. The van der Waals surface area contributed by atoms with Crippen LogP contribution in [0.15, 0.2) is 36.5 Å². The highest BCUT2D eigenvalue weighted by Gasteiger charge is 2.39. The van der Waals surface area contributed by atoms with E-state index in [4.69, 9.17) is 5.11 Å². The van der Waals surface area contributed by atoms with Gasteiger partial charge in [0.2, 0.25) is 5.95 Å². The van der Waals surface area contributed by atoms with Gasteiger partial charge in [-0.3, -0.25) is 0 Å². The van der Waals surface area contributed by atoms with E-state index in [1.807, 2.05) is 24.0 Å². The minimum atomic E-state index is -4.90. The summed E-state index contributed by atoms with van der Waals surface area (Å²) >= 11 is 0. The smallest absolute Gasteiger partial charge is 0.434 e. The molecule has 8 nitrogen and oxygen atoms in total. The van der Waals surface area contributed by atoms with Crippen LogP contribution in [0.5, 0.6) is 0 Å². The maximum absolute atomic E-state index is 13.3. The molecule has 2 aromatic heterocycles. The second-order valence-corrected chi connectivity index (χ2v) is 8.70. The Hall–Kier alpha value is -3.76. The number of hydrogen-bond acceptors (Lipinski definition) is 7. The average molecular weight is 486 g/mol. The quantitative estimate of drug-likeness (QED) is 0.580. The zero-order valence-corrected chi connectivity index (χ0v) is 19.5. The van der Waals surface area contributed by atoms with E-state index in [0.717, 1.165) is 11.3 Å². The number of halogens is 3. The van der Waals surface area contributed by atoms with Gasteiger partial charge in [0.15, 0.2) is 11.5 Å². The van der Waals surface area contributed by atoms with E-state index in [2.05, 4.69) is 52.2 Å². The Bertz CT molecular complexity index is 1230. The third-order valence-electron chi connectivity index (χ3n) is 6.15. The number of aromatic nitrogens is 4. The van der Waals surface area contributed by atoms with Crippen molar-refractivity contribution in [2.24, 2.45) is 0 Å². The lowest BCUT2D eigenvalue weighted by molar-refractivity contribution is -0.141. The standard InChI is InChI=1S/C24H25F3N6O2/c1-14-4-5-17(10-15(14)2)11-18-6-7-20(31-30-18)32-8-9-33(16(3)13-32)23-28-12-19(22(34)35)21(29-23)24(25,26)27/h4-7,10,12,16H,8-9,11,13H2,1-3H3,(H,34,35)/t16-/m1/s1. The lowest BCUT2D eigenvalue weighted by Crippen LogP contribution is -2.53. The summed E-state index contributed by atoms with van der Waals surface area (Å²) in [6.45, 7) is 7.27. The largest absolute Gasteiger partial charge is 0.478 e. The van der Waals surface area contributed by atoms with Gasteiger partial charge in [0.05, 0.1) is 5.69 Å². The van der Waals surface area contributed by atoms with Crippen molar-refractivity contribution in [3.63, 3.8) is 0 Å². The van der Waals surface area contributed by atoms with E-state index in [0.29, 0.717) is 38.1 Å². The highest BCUT2D eigenvalue weighted by Crippen LogP contribution is 2.32. The maximum Gasteiger partial charge on any atom is 0.434 e. The van der Waals surface area contributed by atoms with Crippen molar-refractivity contribution in [3.05, 3.63) is 70.2 Å². The molecule has 0 spiro atoms. The molecule has 0 aliphatic carbocycles. The third kappa shape index (κ3) is 5.33. The summed E-state index contributed by atoms with van der Waals surface area (Å²) in [5.74, 6) is -1.19. The van der Waals surface area contributed by atoms with E-state index < -0.39 is 23.4 Å². The SMILES string of the molecule is Cc1ccc(Cc2ccc(N3CCN(c4ncc(C(=O)O)c(C(F)(F)F)n4)[C@H](C)C3)nn2)cc1C. The van der Waals surface area contributed by atoms with Crippen LogP contribution in [-0.2, 0) is 12.6 Å². The van der Waals surface area contributed by atoms with Crippen LogP contribution in [0.25, 0.3) is 0 Å². The van der Waals surface area contributed by atoms with Crippen LogP contribution in [0.1, 0.15) is 45.4 Å². The average Bonchev–Trinajstić information content (AvgIpc) is 2.81. The van der Waals surface area contributed by atoms with Crippen molar-refractivity contribution in [1.82, 2.24) is 20.2 Å². The summed E-state index contributed by atoms with van der Waals surface area (Å²) in [7, 11) is 0. The Labute approximate surface area is 200 Å². The number of hydrogen-bond donors (Lipinski definition) is 1. The van der Waals surface area contributed by atoms with Gasteiger partial charge in [-0.15, -0.1) is 5.10 Å². The summed E-state index contributed by atoms with van der Waals surface area (Å²) in [5, 5.41) is 17.8. The molecule has 184 valence electrons. The maximum atomic E-state index is 13.3. The molecule has 1 saturated heterocycles. The van der Waals surface area contributed by atoms with Gasteiger partial charge in [-0.1, -0.05) is 18.2 Å². The predicted molar refractivity (Wildman–Crippen MR) is 124 cm³/mol. The number of carbonyl (C=O) groups is 1. The molecule has 4 rings (SSSR count). The van der Waals surface area contributed by atoms with E-state index in [-0.39, 0.29) is 12.0 Å². The summed E-state index contributed by atoms with van der Waals surface area (Å²) in [5.41, 5.74) is 2.04. The summed E-state index contributed by atoms with van der Waals surface area (Å²) in [6.07, 6.45) is -3.51. The molecule has 0 bridgehead atoms. The molecule has 1 aliphatic heterocycles. The highest BCUT2D eigenvalue weighted by atomic mass is 19.4. The fourth-order valence-corrected chi connectivity index (χ4v) is 4.08. The van der Waals surface area contributed by atoms with Gasteiger partial charge in [0.25, 0.3) is 0 Å². The van der Waals surface area contributed by atoms with Crippen LogP contribution in [-0.4, -0.2) is 56.9 Å².